The summed E-state index contributed by atoms with van der Waals surface area (Å²) in [6.45, 7) is 10.1. The molecule has 0 saturated carbocycles. The monoisotopic (exact) mass is 1260 g/mol. The number of unbranched alkanes of at least 4 members (excludes halogenated alkanes) is 33. The van der Waals surface area contributed by atoms with Gasteiger partial charge in [0.25, 0.3) is 0 Å². The van der Waals surface area contributed by atoms with Crippen molar-refractivity contribution in [3.63, 3.8) is 0 Å². The van der Waals surface area contributed by atoms with E-state index in [1.807, 2.05) is 4.58 Å². The van der Waals surface area contributed by atoms with Crippen LogP contribution in [-0.4, -0.2) is 168 Å². The number of carboxylic acids is 5. The summed E-state index contributed by atoms with van der Waals surface area (Å²) in [5, 5.41) is 48.8. The van der Waals surface area contributed by atoms with Crippen LogP contribution < -0.4 is 74.4 Å². The van der Waals surface area contributed by atoms with Gasteiger partial charge >= 0.3 is 71.1 Å². The van der Waals surface area contributed by atoms with Gasteiger partial charge in [0.2, 0.25) is 23.6 Å². The number of amides is 3. The Morgan fingerprint density at radius 2 is 0.690 bits per heavy atom. The van der Waals surface area contributed by atoms with Crippen LogP contribution in [0.1, 0.15) is 291 Å². The zero-order valence-electron chi connectivity index (χ0n) is 56.9. The molecule has 1 heterocycles. The van der Waals surface area contributed by atoms with Gasteiger partial charge in [-0.15, -0.1) is 0 Å². The topological polar surface area (TPSA) is 271 Å². The predicted molar refractivity (Wildman–Crippen MR) is 333 cm³/mol. The number of ether oxygens (including phenoxy) is 1. The van der Waals surface area contributed by atoms with Crippen molar-refractivity contribution in [3.8, 4) is 0 Å². The van der Waals surface area contributed by atoms with Gasteiger partial charge in [0.05, 0.1) is 44.1 Å². The SMILES string of the molecule is CCCCCCCCCCCC(=O)N(C)CC(=O)[O-].CCCCCCCCCCCC(=O)N(C)CC(=O)[O-].CCCCCCCCCCCC(=O)N(C)CC(=O)[O-].CCCCCCCCCCCCC1=[N+](CC(=O)O)CCN1CCOCC(=O)O.[Na+].[Na+]. The Balaban J connectivity index is -0.000000347. The third kappa shape index (κ3) is 67.4. The molecule has 0 saturated heterocycles. The largest absolute Gasteiger partial charge is 1.00 e. The Kier molecular flexibility index (Phi) is 73.8. The number of carboxylic acid groups (broad SMARTS) is 5. The van der Waals surface area contributed by atoms with E-state index in [9.17, 15) is 53.7 Å². The fraction of sp³-hybridized carbons (Fsp3) is 0.864. The van der Waals surface area contributed by atoms with E-state index in [1.54, 1.807) is 0 Å². The van der Waals surface area contributed by atoms with E-state index in [0.717, 1.165) is 63.7 Å². The third-order valence-corrected chi connectivity index (χ3v) is 15.0. The first kappa shape index (κ1) is 92.9. The first-order valence-corrected chi connectivity index (χ1v) is 33.5. The number of likely N-dealkylation sites (N-methyl/N-ethyl adjacent to an activating group) is 3. The molecule has 0 aromatic heterocycles. The molecule has 0 aromatic carbocycles. The number of hydrogen-bond donors (Lipinski definition) is 2. The van der Waals surface area contributed by atoms with Crippen LogP contribution in [0.5, 0.6) is 0 Å². The molecule has 0 aliphatic carbocycles. The van der Waals surface area contributed by atoms with Gasteiger partial charge in [-0.1, -0.05) is 240 Å². The molecule has 0 aromatic rings. The summed E-state index contributed by atoms with van der Waals surface area (Å²) >= 11 is 0. The molecule has 0 unspecified atom stereocenters. The molecule has 0 bridgehead atoms. The van der Waals surface area contributed by atoms with Gasteiger partial charge in [-0.25, -0.2) is 9.59 Å². The minimum atomic E-state index is -1.21. The molecule has 0 fully saturated rings. The van der Waals surface area contributed by atoms with E-state index in [4.69, 9.17) is 14.9 Å². The molecule has 2 N–H and O–H groups in total. The maximum Gasteiger partial charge on any atom is 1.00 e. The Bertz CT molecular complexity index is 1620. The van der Waals surface area contributed by atoms with Gasteiger partial charge in [0.15, 0.2) is 6.54 Å². The Morgan fingerprint density at radius 1 is 0.425 bits per heavy atom. The van der Waals surface area contributed by atoms with Crippen LogP contribution in [0.4, 0.5) is 0 Å². The average molecular weight is 1260 g/mol. The summed E-state index contributed by atoms with van der Waals surface area (Å²) in [5.74, 6) is -4.64. The standard InChI is InChI=1S/C21H38N2O5.3C15H29NO3.2Na/c1-2-3-4-5-6-7-8-9-10-11-12-19-22(15-16-28-18-21(26)27)13-14-23(19)17-20(24)25;3*1-3-4-5-6-7-8-9-10-11-12-14(17)16(2)13-15(18)19;;/h2-18H2,1H3,(H-,24,25,26,27);3*3-13H2,1-2H3,(H,18,19);;/q;;;;2*+1/p-2. The summed E-state index contributed by atoms with van der Waals surface area (Å²) in [7, 11) is 4.52. The van der Waals surface area contributed by atoms with Crippen molar-refractivity contribution in [2.75, 3.05) is 80.2 Å². The molecule has 1 rings (SSSR count). The first-order valence-electron chi connectivity index (χ1n) is 33.5. The molecule has 0 spiro atoms. The quantitative estimate of drug-likeness (QED) is 0.0501. The molecule has 1 aliphatic heterocycles. The molecule has 1 aliphatic rings. The number of amidine groups is 1. The third-order valence-electron chi connectivity index (χ3n) is 15.0. The minimum Gasteiger partial charge on any atom is -0.548 e. The molecule has 87 heavy (non-hydrogen) atoms. The van der Waals surface area contributed by atoms with Gasteiger partial charge < -0.3 is 59.4 Å². The zero-order valence-corrected chi connectivity index (χ0v) is 60.9. The van der Waals surface area contributed by atoms with Crippen LogP contribution in [0.3, 0.4) is 0 Å². The van der Waals surface area contributed by atoms with Crippen LogP contribution in [0.15, 0.2) is 0 Å². The second-order valence-corrected chi connectivity index (χ2v) is 23.2. The van der Waals surface area contributed by atoms with E-state index in [-0.39, 0.29) is 110 Å². The molecular formula is C66H123N5Na2O14. The van der Waals surface area contributed by atoms with Gasteiger partial charge in [0, 0.05) is 46.8 Å². The van der Waals surface area contributed by atoms with Crippen LogP contribution >= 0.6 is 0 Å². The van der Waals surface area contributed by atoms with Crippen molar-refractivity contribution in [2.45, 2.75) is 291 Å². The number of carbonyl (C=O) groups excluding carboxylic acids is 6. The van der Waals surface area contributed by atoms with Crippen molar-refractivity contribution in [1.82, 2.24) is 19.6 Å². The summed E-state index contributed by atoms with van der Waals surface area (Å²) < 4.78 is 7.08. The molecule has 0 atom stereocenters. The second kappa shape index (κ2) is 69.1. The number of nitrogens with zero attached hydrogens (tertiary/aromatic N) is 5. The number of aliphatic carboxylic acids is 5. The summed E-state index contributed by atoms with van der Waals surface area (Å²) in [6, 6.07) is 0. The van der Waals surface area contributed by atoms with E-state index in [2.05, 4.69) is 32.6 Å². The van der Waals surface area contributed by atoms with Crippen LogP contribution in [0.25, 0.3) is 0 Å². The molecule has 19 nitrogen and oxygen atoms in total. The fourth-order valence-electron chi connectivity index (χ4n) is 9.87. The van der Waals surface area contributed by atoms with Crippen molar-refractivity contribution < 1.29 is 132 Å². The Morgan fingerprint density at radius 3 is 0.943 bits per heavy atom. The number of rotatable bonds is 54. The van der Waals surface area contributed by atoms with Gasteiger partial charge in [-0.3, -0.25) is 23.9 Å². The zero-order chi connectivity index (χ0) is 64.1. The Labute approximate surface area is 572 Å². The average Bonchev–Trinajstić information content (AvgIpc) is 3.99. The van der Waals surface area contributed by atoms with E-state index in [0.29, 0.717) is 39.0 Å². The van der Waals surface area contributed by atoms with Crippen LogP contribution in [-0.2, 0) is 43.1 Å². The van der Waals surface area contributed by atoms with E-state index in [1.165, 1.54) is 228 Å². The molecule has 3 amide bonds. The summed E-state index contributed by atoms with van der Waals surface area (Å²) in [6.07, 6.45) is 47.6. The van der Waals surface area contributed by atoms with E-state index < -0.39 is 29.8 Å². The number of carbonyl (C=O) groups is 8. The molecular weight excluding hydrogens is 1130 g/mol. The van der Waals surface area contributed by atoms with Gasteiger partial charge in [-0.2, -0.15) is 0 Å². The normalized spacial score (nSPS) is 11.4. The van der Waals surface area contributed by atoms with Crippen molar-refractivity contribution in [2.24, 2.45) is 0 Å². The minimum absolute atomic E-state index is 0. The maximum absolute atomic E-state index is 11.5. The van der Waals surface area contributed by atoms with E-state index >= 15 is 0 Å². The van der Waals surface area contributed by atoms with Gasteiger partial charge in [0.1, 0.15) is 26.2 Å². The van der Waals surface area contributed by atoms with Crippen LogP contribution in [0, 0.1) is 0 Å². The van der Waals surface area contributed by atoms with Crippen molar-refractivity contribution >= 4 is 53.4 Å². The summed E-state index contributed by atoms with van der Waals surface area (Å²) in [5.41, 5.74) is 0. The molecule has 0 radical (unpaired) electrons. The number of hydrogen-bond acceptors (Lipinski definition) is 13. The second-order valence-electron chi connectivity index (χ2n) is 23.2. The smallest absolute Gasteiger partial charge is 0.548 e. The van der Waals surface area contributed by atoms with Crippen LogP contribution in [0.2, 0.25) is 0 Å². The fourth-order valence-corrected chi connectivity index (χ4v) is 9.87. The first-order chi connectivity index (χ1) is 40.8. The Hall–Kier alpha value is -2.81. The molecule has 21 heteroatoms. The maximum atomic E-state index is 11.5. The van der Waals surface area contributed by atoms with Crippen molar-refractivity contribution in [3.05, 3.63) is 0 Å². The van der Waals surface area contributed by atoms with Gasteiger partial charge in [-0.05, 0) is 25.7 Å². The van der Waals surface area contributed by atoms with Crippen molar-refractivity contribution in [1.29, 1.82) is 0 Å². The molecule has 498 valence electrons. The predicted octanol–water partition coefficient (Wildman–Crippen LogP) is 3.56. The summed E-state index contributed by atoms with van der Waals surface area (Å²) in [4.78, 5) is 93.0.